The zero-order chi connectivity index (χ0) is 14.6. The van der Waals surface area contributed by atoms with Crippen LogP contribution >= 0.6 is 0 Å². The fraction of sp³-hybridized carbons (Fsp3) is 0.462. The number of rotatable bonds is 3. The Morgan fingerprint density at radius 3 is 2.58 bits per heavy atom. The van der Waals surface area contributed by atoms with Gasteiger partial charge in [-0.05, 0) is 39.0 Å². The second-order valence-corrected chi connectivity index (χ2v) is 5.29. The molecule has 0 saturated carbocycles. The quantitative estimate of drug-likeness (QED) is 0.579. The molecule has 1 aromatic rings. The van der Waals surface area contributed by atoms with Crippen LogP contribution in [0.2, 0.25) is 0 Å². The van der Waals surface area contributed by atoms with Crippen LogP contribution in [-0.2, 0) is 11.3 Å². The summed E-state index contributed by atoms with van der Waals surface area (Å²) >= 11 is 0. The number of aromatic hydroxyl groups is 1. The van der Waals surface area contributed by atoms with Gasteiger partial charge in [0, 0.05) is 18.3 Å². The third kappa shape index (κ3) is 5.58. The number of anilines is 1. The van der Waals surface area contributed by atoms with Gasteiger partial charge < -0.3 is 15.1 Å². The molecule has 1 aromatic carbocycles. The summed E-state index contributed by atoms with van der Waals surface area (Å²) in [7, 11) is 1.47. The highest BCUT2D eigenvalue weighted by Gasteiger charge is 2.16. The van der Waals surface area contributed by atoms with Gasteiger partial charge in [-0.15, -0.1) is 0 Å². The summed E-state index contributed by atoms with van der Waals surface area (Å²) in [5, 5.41) is 22.3. The van der Waals surface area contributed by atoms with Crippen molar-refractivity contribution >= 4 is 11.8 Å². The Labute approximate surface area is 112 Å². The molecule has 0 atom stereocenters. The largest absolute Gasteiger partial charge is 0.508 e. The van der Waals surface area contributed by atoms with Gasteiger partial charge in [0.2, 0.25) is 0 Å². The van der Waals surface area contributed by atoms with Crippen molar-refractivity contribution in [1.29, 1.82) is 0 Å². The van der Waals surface area contributed by atoms with Crippen molar-refractivity contribution in [3.63, 3.8) is 0 Å². The molecular formula is C13H20N2O4. The maximum absolute atomic E-state index is 11.6. The van der Waals surface area contributed by atoms with Crippen LogP contribution in [-0.4, -0.2) is 34.1 Å². The number of hydrogen-bond acceptors (Lipinski definition) is 5. The highest BCUT2D eigenvalue weighted by atomic mass is 16.6. The van der Waals surface area contributed by atoms with Gasteiger partial charge in [-0.3, -0.25) is 5.32 Å². The maximum Gasteiger partial charge on any atom is 0.412 e. The lowest BCUT2D eigenvalue weighted by Crippen LogP contribution is -2.27. The number of carbonyl (C=O) groups excluding carboxylic acids is 1. The van der Waals surface area contributed by atoms with Gasteiger partial charge in [-0.2, -0.15) is 5.06 Å². The maximum atomic E-state index is 11.6. The summed E-state index contributed by atoms with van der Waals surface area (Å²) in [6.45, 7) is 5.47. The van der Waals surface area contributed by atoms with Crippen molar-refractivity contribution < 1.29 is 19.8 Å². The average molecular weight is 268 g/mol. The van der Waals surface area contributed by atoms with E-state index in [1.165, 1.54) is 13.1 Å². The summed E-state index contributed by atoms with van der Waals surface area (Å²) in [5.41, 5.74) is 0.414. The minimum atomic E-state index is -0.574. The normalized spacial score (nSPS) is 11.5. The Hall–Kier alpha value is -1.79. The van der Waals surface area contributed by atoms with Gasteiger partial charge in [-0.25, -0.2) is 4.79 Å². The predicted molar refractivity (Wildman–Crippen MR) is 71.2 cm³/mol. The first-order valence-electron chi connectivity index (χ1n) is 5.89. The third-order valence-electron chi connectivity index (χ3n) is 2.12. The van der Waals surface area contributed by atoms with Crippen LogP contribution in [0, 0.1) is 0 Å². The van der Waals surface area contributed by atoms with Crippen molar-refractivity contribution in [2.45, 2.75) is 32.9 Å². The van der Waals surface area contributed by atoms with Crippen molar-refractivity contribution in [3.05, 3.63) is 23.8 Å². The standard InChI is InChI=1S/C13H20N2O4/c1-13(2,3)19-12(17)14-10-5-6-11(16)9(7-10)8-15(4)18/h5-7,16,18H,8H2,1-4H3,(H,14,17). The smallest absolute Gasteiger partial charge is 0.412 e. The predicted octanol–water partition coefficient (Wildman–Crippen LogP) is 2.56. The van der Waals surface area contributed by atoms with Crippen LogP contribution in [0.15, 0.2) is 18.2 Å². The third-order valence-corrected chi connectivity index (χ3v) is 2.12. The zero-order valence-electron chi connectivity index (χ0n) is 11.6. The summed E-state index contributed by atoms with van der Waals surface area (Å²) in [5.74, 6) is 0.0515. The molecule has 0 bridgehead atoms. The molecule has 6 nitrogen and oxygen atoms in total. The van der Waals surface area contributed by atoms with Gasteiger partial charge in [0.1, 0.15) is 11.4 Å². The van der Waals surface area contributed by atoms with Gasteiger partial charge >= 0.3 is 6.09 Å². The van der Waals surface area contributed by atoms with E-state index in [-0.39, 0.29) is 12.3 Å². The van der Waals surface area contributed by atoms with Crippen LogP contribution in [0.1, 0.15) is 26.3 Å². The number of phenolic OH excluding ortho intramolecular Hbond substituents is 1. The number of benzene rings is 1. The summed E-state index contributed by atoms with van der Waals surface area (Å²) in [6, 6.07) is 4.58. The van der Waals surface area contributed by atoms with E-state index in [0.717, 1.165) is 5.06 Å². The fourth-order valence-electron chi connectivity index (χ4n) is 1.46. The molecule has 0 heterocycles. The minimum absolute atomic E-state index is 0.0515. The van der Waals surface area contributed by atoms with E-state index in [4.69, 9.17) is 9.94 Å². The molecule has 0 saturated heterocycles. The number of hydrogen-bond donors (Lipinski definition) is 3. The first-order chi connectivity index (χ1) is 8.67. The van der Waals surface area contributed by atoms with E-state index in [1.54, 1.807) is 32.9 Å². The van der Waals surface area contributed by atoms with Crippen molar-refractivity contribution in [3.8, 4) is 5.75 Å². The molecule has 1 rings (SSSR count). The second kappa shape index (κ2) is 5.90. The SMILES string of the molecule is CN(O)Cc1cc(NC(=O)OC(C)(C)C)ccc1O. The van der Waals surface area contributed by atoms with Crippen molar-refractivity contribution in [1.82, 2.24) is 5.06 Å². The second-order valence-electron chi connectivity index (χ2n) is 5.29. The first-order valence-corrected chi connectivity index (χ1v) is 5.89. The Bertz CT molecular complexity index is 452. The number of nitrogens with one attached hydrogen (secondary N) is 1. The number of hydroxylamine groups is 2. The number of carbonyl (C=O) groups is 1. The van der Waals surface area contributed by atoms with E-state index < -0.39 is 11.7 Å². The van der Waals surface area contributed by atoms with E-state index in [1.807, 2.05) is 0 Å². The van der Waals surface area contributed by atoms with Crippen molar-refractivity contribution in [2.75, 3.05) is 12.4 Å². The average Bonchev–Trinajstić information content (AvgIpc) is 2.19. The molecule has 0 aliphatic heterocycles. The van der Waals surface area contributed by atoms with Crippen LogP contribution in [0.3, 0.4) is 0 Å². The highest BCUT2D eigenvalue weighted by molar-refractivity contribution is 5.85. The molecule has 0 fully saturated rings. The molecule has 0 unspecified atom stereocenters. The number of ether oxygens (including phenoxy) is 1. The summed E-state index contributed by atoms with van der Waals surface area (Å²) in [4.78, 5) is 11.6. The van der Waals surface area contributed by atoms with Crippen LogP contribution < -0.4 is 5.32 Å². The van der Waals surface area contributed by atoms with Crippen LogP contribution in [0.25, 0.3) is 0 Å². The lowest BCUT2D eigenvalue weighted by Gasteiger charge is -2.20. The highest BCUT2D eigenvalue weighted by Crippen LogP contribution is 2.23. The molecule has 0 radical (unpaired) electrons. The first kappa shape index (κ1) is 15.3. The number of nitrogens with zero attached hydrogens (tertiary/aromatic N) is 1. The van der Waals surface area contributed by atoms with Gasteiger partial charge in [-0.1, -0.05) is 0 Å². The molecule has 0 spiro atoms. The van der Waals surface area contributed by atoms with Crippen LogP contribution in [0.5, 0.6) is 5.75 Å². The van der Waals surface area contributed by atoms with Gasteiger partial charge in [0.05, 0.1) is 6.54 Å². The number of amides is 1. The molecule has 0 aromatic heterocycles. The molecule has 1 amide bonds. The zero-order valence-corrected chi connectivity index (χ0v) is 11.6. The molecule has 3 N–H and O–H groups in total. The van der Waals surface area contributed by atoms with E-state index in [9.17, 15) is 9.90 Å². The van der Waals surface area contributed by atoms with Gasteiger partial charge in [0.25, 0.3) is 0 Å². The molecule has 6 heteroatoms. The Morgan fingerprint density at radius 2 is 2.05 bits per heavy atom. The van der Waals surface area contributed by atoms with E-state index in [2.05, 4.69) is 5.32 Å². The van der Waals surface area contributed by atoms with E-state index >= 15 is 0 Å². The molecule has 106 valence electrons. The Morgan fingerprint density at radius 1 is 1.42 bits per heavy atom. The molecule has 19 heavy (non-hydrogen) atoms. The lowest BCUT2D eigenvalue weighted by molar-refractivity contribution is -0.0735. The monoisotopic (exact) mass is 268 g/mol. The summed E-state index contributed by atoms with van der Waals surface area (Å²) < 4.78 is 5.12. The van der Waals surface area contributed by atoms with E-state index in [0.29, 0.717) is 11.3 Å². The molecule has 0 aliphatic rings. The number of phenols is 1. The molecule has 0 aliphatic carbocycles. The Kier molecular flexibility index (Phi) is 4.74. The topological polar surface area (TPSA) is 82.0 Å². The fourth-order valence-corrected chi connectivity index (χ4v) is 1.46. The minimum Gasteiger partial charge on any atom is -0.508 e. The molecular weight excluding hydrogens is 248 g/mol. The lowest BCUT2D eigenvalue weighted by atomic mass is 10.1. The van der Waals surface area contributed by atoms with Gasteiger partial charge in [0.15, 0.2) is 0 Å². The Balaban J connectivity index is 2.77. The summed E-state index contributed by atoms with van der Waals surface area (Å²) in [6.07, 6.45) is -0.568. The van der Waals surface area contributed by atoms with Crippen LogP contribution in [0.4, 0.5) is 10.5 Å². The van der Waals surface area contributed by atoms with Crippen molar-refractivity contribution in [2.24, 2.45) is 0 Å².